The van der Waals surface area contributed by atoms with Crippen molar-refractivity contribution in [1.82, 2.24) is 0 Å². The highest BCUT2D eigenvalue weighted by Crippen LogP contribution is 2.37. The van der Waals surface area contributed by atoms with Gasteiger partial charge in [-0.25, -0.2) is 0 Å². The summed E-state index contributed by atoms with van der Waals surface area (Å²) in [5.74, 6) is 1.08. The second-order valence-corrected chi connectivity index (χ2v) is 7.06. The molecule has 1 fully saturated rings. The summed E-state index contributed by atoms with van der Waals surface area (Å²) in [5.41, 5.74) is 3.11. The van der Waals surface area contributed by atoms with E-state index in [1.807, 2.05) is 27.7 Å². The van der Waals surface area contributed by atoms with Crippen molar-refractivity contribution >= 4 is 5.71 Å². The second-order valence-electron chi connectivity index (χ2n) is 7.06. The first-order valence-corrected chi connectivity index (χ1v) is 7.83. The monoisotopic (exact) mass is 289 g/mol. The maximum absolute atomic E-state index is 9.24. The molecule has 116 valence electrons. The van der Waals surface area contributed by atoms with Crippen LogP contribution in [-0.2, 0) is 4.84 Å². The van der Waals surface area contributed by atoms with Gasteiger partial charge in [-0.3, -0.25) is 0 Å². The van der Waals surface area contributed by atoms with Gasteiger partial charge in [-0.15, -0.1) is 0 Å². The van der Waals surface area contributed by atoms with Gasteiger partial charge in [0.05, 0.1) is 5.71 Å². The Labute approximate surface area is 128 Å². The van der Waals surface area contributed by atoms with Crippen molar-refractivity contribution in [2.75, 3.05) is 6.61 Å². The van der Waals surface area contributed by atoms with E-state index in [2.05, 4.69) is 29.4 Å². The molecule has 1 aromatic rings. The number of benzene rings is 1. The fourth-order valence-electron chi connectivity index (χ4n) is 2.80. The quantitative estimate of drug-likeness (QED) is 0.669. The molecule has 0 spiro atoms. The molecular weight excluding hydrogens is 262 g/mol. The minimum atomic E-state index is -0.260. The van der Waals surface area contributed by atoms with Gasteiger partial charge in [0.15, 0.2) is 0 Å². The molecule has 0 saturated heterocycles. The Morgan fingerprint density at radius 3 is 2.43 bits per heavy atom. The van der Waals surface area contributed by atoms with Gasteiger partial charge in [0.1, 0.15) is 5.60 Å². The summed E-state index contributed by atoms with van der Waals surface area (Å²) in [6.45, 7) is 8.27. The van der Waals surface area contributed by atoms with Crippen LogP contribution in [0.1, 0.15) is 64.0 Å². The van der Waals surface area contributed by atoms with E-state index in [1.165, 1.54) is 12.0 Å². The number of aliphatic hydroxyl groups is 1. The Morgan fingerprint density at radius 2 is 1.90 bits per heavy atom. The van der Waals surface area contributed by atoms with Gasteiger partial charge in [-0.2, -0.15) is 0 Å². The zero-order valence-corrected chi connectivity index (χ0v) is 13.6. The van der Waals surface area contributed by atoms with Gasteiger partial charge in [-0.05, 0) is 69.9 Å². The summed E-state index contributed by atoms with van der Waals surface area (Å²) < 4.78 is 0. The van der Waals surface area contributed by atoms with Crippen molar-refractivity contribution in [3.8, 4) is 0 Å². The molecule has 2 atom stereocenters. The Balaban J connectivity index is 2.02. The molecule has 3 heteroatoms. The summed E-state index contributed by atoms with van der Waals surface area (Å²) in [6, 6.07) is 8.62. The van der Waals surface area contributed by atoms with Crippen LogP contribution in [0.25, 0.3) is 0 Å². The molecule has 1 N–H and O–H groups in total. The van der Waals surface area contributed by atoms with Crippen molar-refractivity contribution in [2.45, 2.75) is 58.5 Å². The Morgan fingerprint density at radius 1 is 1.24 bits per heavy atom. The Bertz CT molecular complexity index is 485. The van der Waals surface area contributed by atoms with Crippen LogP contribution in [0.4, 0.5) is 0 Å². The maximum Gasteiger partial charge on any atom is 0.129 e. The fourth-order valence-corrected chi connectivity index (χ4v) is 2.80. The van der Waals surface area contributed by atoms with Gasteiger partial charge >= 0.3 is 0 Å². The average molecular weight is 289 g/mol. The van der Waals surface area contributed by atoms with Gasteiger partial charge < -0.3 is 9.94 Å². The molecule has 0 aliphatic heterocycles. The highest BCUT2D eigenvalue weighted by molar-refractivity contribution is 5.98. The SMILES string of the molecule is C/C(=N\OC(C)(C)C)c1ccc([C@@H]2CC[C@H](CO)C2)cc1. The van der Waals surface area contributed by atoms with Crippen LogP contribution >= 0.6 is 0 Å². The van der Waals surface area contributed by atoms with E-state index in [0.717, 1.165) is 24.1 Å². The molecule has 3 nitrogen and oxygen atoms in total. The van der Waals surface area contributed by atoms with Crippen molar-refractivity contribution < 1.29 is 9.94 Å². The van der Waals surface area contributed by atoms with Crippen LogP contribution in [0.5, 0.6) is 0 Å². The third kappa shape index (κ3) is 4.57. The molecule has 0 aromatic heterocycles. The molecule has 1 saturated carbocycles. The number of aliphatic hydroxyl groups excluding tert-OH is 1. The molecule has 21 heavy (non-hydrogen) atoms. The van der Waals surface area contributed by atoms with Gasteiger partial charge in [-0.1, -0.05) is 29.4 Å². The maximum atomic E-state index is 9.24. The van der Waals surface area contributed by atoms with E-state index in [1.54, 1.807) is 0 Å². The molecular formula is C18H27NO2. The van der Waals surface area contributed by atoms with Crippen molar-refractivity contribution in [3.05, 3.63) is 35.4 Å². The van der Waals surface area contributed by atoms with E-state index < -0.39 is 0 Å². The van der Waals surface area contributed by atoms with Crippen LogP contribution in [0.15, 0.2) is 29.4 Å². The van der Waals surface area contributed by atoms with Crippen LogP contribution < -0.4 is 0 Å². The minimum absolute atomic E-state index is 0.260. The highest BCUT2D eigenvalue weighted by atomic mass is 16.6. The standard InChI is InChI=1S/C18H27NO2/c1-13(19-21-18(2,3)4)15-7-9-16(10-8-15)17-6-5-14(11-17)12-20/h7-10,14,17,20H,5-6,11-12H2,1-4H3/b19-13+/t14-,17+/m0/s1. The summed E-state index contributed by atoms with van der Waals surface area (Å²) in [7, 11) is 0. The van der Waals surface area contributed by atoms with Gasteiger partial charge in [0.25, 0.3) is 0 Å². The molecule has 0 amide bonds. The first-order valence-electron chi connectivity index (χ1n) is 7.83. The number of hydrogen-bond acceptors (Lipinski definition) is 3. The molecule has 0 unspecified atom stereocenters. The topological polar surface area (TPSA) is 41.8 Å². The molecule has 0 radical (unpaired) electrons. The Hall–Kier alpha value is -1.35. The van der Waals surface area contributed by atoms with Crippen LogP contribution in [-0.4, -0.2) is 23.0 Å². The first kappa shape index (κ1) is 16.0. The minimum Gasteiger partial charge on any atom is -0.396 e. The predicted molar refractivity (Wildman–Crippen MR) is 86.7 cm³/mol. The third-order valence-corrected chi connectivity index (χ3v) is 4.06. The lowest BCUT2D eigenvalue weighted by Gasteiger charge is -2.16. The van der Waals surface area contributed by atoms with E-state index >= 15 is 0 Å². The zero-order chi connectivity index (χ0) is 15.5. The Kier molecular flexibility index (Phi) is 5.04. The third-order valence-electron chi connectivity index (χ3n) is 4.06. The molecule has 0 bridgehead atoms. The normalized spacial score (nSPS) is 23.4. The smallest absolute Gasteiger partial charge is 0.129 e. The van der Waals surface area contributed by atoms with Gasteiger partial charge in [0.2, 0.25) is 0 Å². The zero-order valence-electron chi connectivity index (χ0n) is 13.6. The van der Waals surface area contributed by atoms with Crippen LogP contribution in [0.3, 0.4) is 0 Å². The predicted octanol–water partition coefficient (Wildman–Crippen LogP) is 4.10. The molecule has 1 aliphatic rings. The lowest BCUT2D eigenvalue weighted by atomic mass is 9.95. The van der Waals surface area contributed by atoms with Crippen molar-refractivity contribution in [1.29, 1.82) is 0 Å². The number of hydrogen-bond donors (Lipinski definition) is 1. The van der Waals surface area contributed by atoms with Crippen LogP contribution in [0.2, 0.25) is 0 Å². The lowest BCUT2D eigenvalue weighted by molar-refractivity contribution is 0.000955. The van der Waals surface area contributed by atoms with E-state index in [4.69, 9.17) is 4.84 Å². The summed E-state index contributed by atoms with van der Waals surface area (Å²) in [5, 5.41) is 13.4. The number of rotatable bonds is 4. The van der Waals surface area contributed by atoms with Gasteiger partial charge in [0, 0.05) is 6.61 Å². The van der Waals surface area contributed by atoms with Crippen molar-refractivity contribution in [2.24, 2.45) is 11.1 Å². The summed E-state index contributed by atoms with van der Waals surface area (Å²) in [4.78, 5) is 5.46. The molecule has 0 heterocycles. The van der Waals surface area contributed by atoms with Crippen molar-refractivity contribution in [3.63, 3.8) is 0 Å². The van der Waals surface area contributed by atoms with E-state index in [-0.39, 0.29) is 5.60 Å². The van der Waals surface area contributed by atoms with E-state index in [0.29, 0.717) is 18.4 Å². The molecule has 2 rings (SSSR count). The first-order chi connectivity index (χ1) is 9.89. The molecule has 1 aliphatic carbocycles. The average Bonchev–Trinajstić information content (AvgIpc) is 2.93. The fraction of sp³-hybridized carbons (Fsp3) is 0.611. The van der Waals surface area contributed by atoms with E-state index in [9.17, 15) is 5.11 Å². The lowest BCUT2D eigenvalue weighted by Crippen LogP contribution is -2.16. The molecule has 1 aromatic carbocycles. The largest absolute Gasteiger partial charge is 0.396 e. The summed E-state index contributed by atoms with van der Waals surface area (Å²) in [6.07, 6.45) is 3.43. The highest BCUT2D eigenvalue weighted by Gasteiger charge is 2.25. The van der Waals surface area contributed by atoms with Crippen LogP contribution in [0, 0.1) is 5.92 Å². The summed E-state index contributed by atoms with van der Waals surface area (Å²) >= 11 is 0. The second kappa shape index (κ2) is 6.61. The number of nitrogens with zero attached hydrogens (tertiary/aromatic N) is 1. The number of oxime groups is 1.